The quantitative estimate of drug-likeness (QED) is 0.250. The Kier molecular flexibility index (Phi) is 6.40. The molecule has 0 amide bonds. The van der Waals surface area contributed by atoms with Crippen LogP contribution in [0.5, 0.6) is 0 Å². The molecule has 5 aromatic rings. The number of nitriles is 1. The molecule has 2 atom stereocenters. The van der Waals surface area contributed by atoms with E-state index >= 15 is 0 Å². The lowest BCUT2D eigenvalue weighted by Crippen LogP contribution is -2.68. The molecular formula is C29H25F2N9S. The van der Waals surface area contributed by atoms with Crippen molar-refractivity contribution >= 4 is 23.1 Å². The Labute approximate surface area is 239 Å². The van der Waals surface area contributed by atoms with Crippen LogP contribution in [0.25, 0.3) is 27.8 Å². The fraction of sp³-hybridized carbons (Fsp3) is 0.276. The number of hydrogen-bond acceptors (Lipinski definition) is 8. The molecule has 206 valence electrons. The Morgan fingerprint density at radius 3 is 2.49 bits per heavy atom. The van der Waals surface area contributed by atoms with Gasteiger partial charge in [-0.05, 0) is 43.0 Å². The second-order valence-electron chi connectivity index (χ2n) is 10.3. The van der Waals surface area contributed by atoms with Crippen molar-refractivity contribution < 1.29 is 8.78 Å². The monoisotopic (exact) mass is 569 g/mol. The zero-order chi connectivity index (χ0) is 28.1. The summed E-state index contributed by atoms with van der Waals surface area (Å²) in [6.45, 7) is -0.0595. The van der Waals surface area contributed by atoms with Crippen LogP contribution < -0.4 is 4.90 Å². The Morgan fingerprint density at radius 1 is 0.976 bits per heavy atom. The van der Waals surface area contributed by atoms with Crippen molar-refractivity contribution in [2.45, 2.75) is 36.5 Å². The van der Waals surface area contributed by atoms with Crippen molar-refractivity contribution in [3.8, 4) is 28.3 Å². The number of rotatable bonds is 7. The number of piperidine rings is 1. The molecule has 0 N–H and O–H groups in total. The first-order valence-corrected chi connectivity index (χ1v) is 14.4. The third kappa shape index (κ3) is 4.61. The maximum absolute atomic E-state index is 13.1. The number of hydrogen-bond donors (Lipinski definition) is 0. The van der Waals surface area contributed by atoms with E-state index in [2.05, 4.69) is 49.4 Å². The number of aromatic nitrogens is 6. The van der Waals surface area contributed by atoms with Gasteiger partial charge in [-0.15, -0.1) is 11.8 Å². The molecule has 0 saturated carbocycles. The largest absolute Gasteiger partial charge is 0.353 e. The van der Waals surface area contributed by atoms with Crippen LogP contribution >= 0.6 is 11.8 Å². The molecule has 2 bridgehead atoms. The van der Waals surface area contributed by atoms with Gasteiger partial charge in [0, 0.05) is 83.7 Å². The summed E-state index contributed by atoms with van der Waals surface area (Å²) in [5.41, 5.74) is 4.90. The van der Waals surface area contributed by atoms with Crippen LogP contribution in [0.1, 0.15) is 24.2 Å². The van der Waals surface area contributed by atoms with Crippen molar-refractivity contribution in [3.05, 3.63) is 78.8 Å². The molecule has 0 aromatic carbocycles. The number of pyridine rings is 3. The van der Waals surface area contributed by atoms with Crippen LogP contribution in [-0.4, -0.2) is 65.7 Å². The number of piperazine rings is 1. The van der Waals surface area contributed by atoms with Crippen molar-refractivity contribution in [2.75, 3.05) is 24.2 Å². The summed E-state index contributed by atoms with van der Waals surface area (Å²) in [5.74, 6) is 0.907. The molecule has 0 aliphatic carbocycles. The molecule has 3 aliphatic rings. The van der Waals surface area contributed by atoms with Crippen molar-refractivity contribution in [1.29, 1.82) is 5.26 Å². The molecule has 3 fully saturated rings. The lowest BCUT2D eigenvalue weighted by molar-refractivity contribution is -0.00969. The van der Waals surface area contributed by atoms with Crippen molar-refractivity contribution in [3.63, 3.8) is 0 Å². The minimum atomic E-state index is -2.73. The summed E-state index contributed by atoms with van der Waals surface area (Å²) in [5, 5.41) is 17.8. The molecule has 3 aliphatic heterocycles. The average Bonchev–Trinajstić information content (AvgIpc) is 3.68. The summed E-state index contributed by atoms with van der Waals surface area (Å²) in [6, 6.07) is 13.2. The van der Waals surface area contributed by atoms with E-state index in [1.54, 1.807) is 28.7 Å². The van der Waals surface area contributed by atoms with E-state index in [9.17, 15) is 14.0 Å². The third-order valence-electron chi connectivity index (χ3n) is 7.97. The Bertz CT molecular complexity index is 1750. The zero-order valence-electron chi connectivity index (χ0n) is 22.1. The van der Waals surface area contributed by atoms with Gasteiger partial charge in [0.1, 0.15) is 11.9 Å². The molecule has 3 saturated heterocycles. The van der Waals surface area contributed by atoms with E-state index in [4.69, 9.17) is 4.98 Å². The minimum Gasteiger partial charge on any atom is -0.353 e. The number of fused-ring (bicyclic) bond motifs is 3. The molecule has 0 spiro atoms. The molecule has 8 heterocycles. The Hall–Kier alpha value is -4.34. The van der Waals surface area contributed by atoms with Gasteiger partial charge in [0.25, 0.3) is 0 Å². The fourth-order valence-electron chi connectivity index (χ4n) is 5.85. The van der Waals surface area contributed by atoms with E-state index < -0.39 is 6.55 Å². The Morgan fingerprint density at radius 2 is 1.83 bits per heavy atom. The highest BCUT2D eigenvalue weighted by atomic mass is 32.2. The van der Waals surface area contributed by atoms with Crippen LogP contribution in [0.15, 0.2) is 72.4 Å². The zero-order valence-corrected chi connectivity index (χ0v) is 22.9. The lowest BCUT2D eigenvalue weighted by Gasteiger charge is -2.56. The first-order valence-electron chi connectivity index (χ1n) is 13.2. The van der Waals surface area contributed by atoms with Gasteiger partial charge in [-0.3, -0.25) is 9.88 Å². The van der Waals surface area contributed by atoms with E-state index in [0.717, 1.165) is 42.3 Å². The maximum atomic E-state index is 13.1. The van der Waals surface area contributed by atoms with Gasteiger partial charge in [0.2, 0.25) is 0 Å². The van der Waals surface area contributed by atoms with Crippen LogP contribution in [0.4, 0.5) is 14.6 Å². The van der Waals surface area contributed by atoms with Crippen LogP contribution in [-0.2, 0) is 6.54 Å². The second-order valence-corrected chi connectivity index (χ2v) is 11.2. The summed E-state index contributed by atoms with van der Waals surface area (Å²) in [6.07, 6.45) is 12.9. The normalized spacial score (nSPS) is 18.6. The van der Waals surface area contributed by atoms with Crippen molar-refractivity contribution in [1.82, 2.24) is 34.3 Å². The summed E-state index contributed by atoms with van der Waals surface area (Å²) in [4.78, 5) is 15.5. The van der Waals surface area contributed by atoms with Crippen LogP contribution in [0.3, 0.4) is 0 Å². The summed E-state index contributed by atoms with van der Waals surface area (Å²) in [7, 11) is 0. The summed E-state index contributed by atoms with van der Waals surface area (Å²) >= 11 is 1.70. The topological polar surface area (TPSA) is 91.2 Å². The number of nitrogens with zero attached hydrogens (tertiary/aromatic N) is 9. The molecule has 8 rings (SSSR count). The summed E-state index contributed by atoms with van der Waals surface area (Å²) < 4.78 is 28.5. The highest BCUT2D eigenvalue weighted by Gasteiger charge is 2.44. The molecule has 41 heavy (non-hydrogen) atoms. The Balaban J connectivity index is 1.13. The number of halogens is 2. The van der Waals surface area contributed by atoms with Gasteiger partial charge < -0.3 is 4.90 Å². The van der Waals surface area contributed by atoms with E-state index in [-0.39, 0.29) is 0 Å². The van der Waals surface area contributed by atoms with E-state index in [1.165, 1.54) is 29.9 Å². The van der Waals surface area contributed by atoms with Gasteiger partial charge in [0.05, 0.1) is 29.2 Å². The fourth-order valence-corrected chi connectivity index (χ4v) is 6.21. The van der Waals surface area contributed by atoms with Gasteiger partial charge in [-0.25, -0.2) is 14.2 Å². The molecular weight excluding hydrogens is 544 g/mol. The van der Waals surface area contributed by atoms with Gasteiger partial charge in [-0.2, -0.15) is 24.2 Å². The molecule has 0 radical (unpaired) electrons. The molecule has 12 heteroatoms. The smallest absolute Gasteiger partial charge is 0.333 e. The third-order valence-corrected chi connectivity index (χ3v) is 8.69. The van der Waals surface area contributed by atoms with Gasteiger partial charge in [0.15, 0.2) is 0 Å². The minimum absolute atomic E-state index is 0.424. The van der Waals surface area contributed by atoms with Crippen molar-refractivity contribution in [2.24, 2.45) is 0 Å². The number of alkyl halides is 2. The molecule has 5 aromatic heterocycles. The molecule has 2 unspecified atom stereocenters. The number of thioether (sulfide) groups is 1. The second kappa shape index (κ2) is 10.2. The lowest BCUT2D eigenvalue weighted by atomic mass is 9.87. The standard InChI is InChI=1S/C29H25F2N9S/c1-41-25-4-3-22(33-12-25)15-38-23-7-24(38)17-37(16-23)27-5-2-18(9-34-27)26-6-19(21-11-36-40(14-21)29(30)31)13-39-28(26)20(8-32)10-35-39/h2-6,9-14,23-24,29H,7,15-17H2,1H3. The predicted octanol–water partition coefficient (Wildman–Crippen LogP) is 5.11. The van der Waals surface area contributed by atoms with Crippen LogP contribution in [0, 0.1) is 11.3 Å². The number of anilines is 1. The first kappa shape index (κ1) is 25.6. The maximum Gasteiger partial charge on any atom is 0.333 e. The van der Waals surface area contributed by atoms with E-state index in [0.29, 0.717) is 39.0 Å². The SMILES string of the molecule is CSc1ccc(CN2C3CC2CN(c2ccc(-c4cc(-c5cnn(C(F)F)c5)cn5ncc(C#N)c45)cn2)C3)nc1. The highest BCUT2D eigenvalue weighted by molar-refractivity contribution is 7.98. The molecule has 9 nitrogen and oxygen atoms in total. The van der Waals surface area contributed by atoms with Gasteiger partial charge in [-0.1, -0.05) is 0 Å². The van der Waals surface area contributed by atoms with E-state index in [1.807, 2.05) is 24.4 Å². The predicted molar refractivity (Wildman–Crippen MR) is 152 cm³/mol. The van der Waals surface area contributed by atoms with Gasteiger partial charge >= 0.3 is 6.55 Å². The average molecular weight is 570 g/mol. The van der Waals surface area contributed by atoms with Crippen LogP contribution in [0.2, 0.25) is 0 Å². The highest BCUT2D eigenvalue weighted by Crippen LogP contribution is 2.37. The first-order chi connectivity index (χ1) is 20.0.